The number of hydrogen-bond acceptors (Lipinski definition) is 6. The number of benzene rings is 1. The van der Waals surface area contributed by atoms with Gasteiger partial charge in [-0.3, -0.25) is 14.4 Å². The highest BCUT2D eigenvalue weighted by Gasteiger charge is 2.72. The second-order valence-corrected chi connectivity index (χ2v) is 11.9. The van der Waals surface area contributed by atoms with Gasteiger partial charge in [0, 0.05) is 30.7 Å². The lowest BCUT2D eigenvalue weighted by Gasteiger charge is -2.58. The molecular weight excluding hydrogens is 470 g/mol. The third-order valence-electron chi connectivity index (χ3n) is 9.55. The van der Waals surface area contributed by atoms with Crippen molar-refractivity contribution in [2.45, 2.75) is 70.8 Å². The molecule has 7 nitrogen and oxygen atoms in total. The van der Waals surface area contributed by atoms with E-state index in [4.69, 9.17) is 4.74 Å². The van der Waals surface area contributed by atoms with E-state index in [1.54, 1.807) is 6.92 Å². The van der Waals surface area contributed by atoms with Gasteiger partial charge in [0.15, 0.2) is 5.78 Å². The minimum Gasteiger partial charge on any atom is -0.457 e. The third kappa shape index (κ3) is 3.81. The quantitative estimate of drug-likeness (QED) is 0.428. The SMILES string of the molecule is C=C1[C@H](C)[C@@H]2[C@H](Cc3ccccc3)NC(=O)[C@]23[C@H](OC(C)=O)C2=C[C@](C)(O)C(=O)[C@H](C)C[C@@H]2C[C@H]3[C@H]1O. The van der Waals surface area contributed by atoms with E-state index >= 15 is 0 Å². The van der Waals surface area contributed by atoms with E-state index in [-0.39, 0.29) is 35.5 Å². The lowest BCUT2D eigenvalue weighted by Crippen LogP contribution is -2.64. The summed E-state index contributed by atoms with van der Waals surface area (Å²) in [5.41, 5.74) is -0.637. The number of nitrogens with one attached hydrogen (secondary N) is 1. The van der Waals surface area contributed by atoms with Crippen molar-refractivity contribution in [3.63, 3.8) is 0 Å². The molecule has 10 atom stereocenters. The number of Topliss-reactive ketones (excluding diaryl/α,β-unsaturated/α-hetero) is 1. The maximum absolute atomic E-state index is 14.2. The molecule has 0 unspecified atom stereocenters. The number of aliphatic hydroxyl groups is 2. The molecule has 1 saturated heterocycles. The molecule has 1 aromatic carbocycles. The molecular formula is C30H37NO6. The maximum Gasteiger partial charge on any atom is 0.303 e. The number of rotatable bonds is 3. The largest absolute Gasteiger partial charge is 0.457 e. The van der Waals surface area contributed by atoms with Gasteiger partial charge in [0.1, 0.15) is 17.1 Å². The molecule has 3 N–H and O–H groups in total. The predicted molar refractivity (Wildman–Crippen MR) is 137 cm³/mol. The Morgan fingerprint density at radius 1 is 1.19 bits per heavy atom. The zero-order valence-corrected chi connectivity index (χ0v) is 21.9. The molecule has 2 saturated carbocycles. The maximum atomic E-state index is 14.2. The summed E-state index contributed by atoms with van der Waals surface area (Å²) in [7, 11) is 0. The summed E-state index contributed by atoms with van der Waals surface area (Å²) in [6, 6.07) is 9.63. The molecule has 5 rings (SSSR count). The zero-order valence-electron chi connectivity index (χ0n) is 21.9. The van der Waals surface area contributed by atoms with Crippen LogP contribution >= 0.6 is 0 Å². The summed E-state index contributed by atoms with van der Waals surface area (Å²) < 4.78 is 6.02. The summed E-state index contributed by atoms with van der Waals surface area (Å²) in [6.45, 7) is 10.8. The van der Waals surface area contributed by atoms with Crippen LogP contribution in [0.4, 0.5) is 0 Å². The molecule has 0 radical (unpaired) electrons. The lowest BCUT2D eigenvalue weighted by molar-refractivity contribution is -0.179. The van der Waals surface area contributed by atoms with E-state index < -0.39 is 41.0 Å². The Hall–Kier alpha value is -2.77. The van der Waals surface area contributed by atoms with Crippen LogP contribution in [0.25, 0.3) is 0 Å². The van der Waals surface area contributed by atoms with E-state index in [0.29, 0.717) is 30.4 Å². The van der Waals surface area contributed by atoms with Gasteiger partial charge in [0.25, 0.3) is 0 Å². The summed E-state index contributed by atoms with van der Waals surface area (Å²) >= 11 is 0. The van der Waals surface area contributed by atoms with Gasteiger partial charge in [-0.25, -0.2) is 0 Å². The monoisotopic (exact) mass is 507 g/mol. The molecule has 198 valence electrons. The normalized spacial score (nSPS) is 43.1. The number of carbonyl (C=O) groups is 3. The lowest BCUT2D eigenvalue weighted by atomic mass is 9.46. The van der Waals surface area contributed by atoms with Crippen molar-refractivity contribution in [1.82, 2.24) is 5.32 Å². The van der Waals surface area contributed by atoms with Crippen molar-refractivity contribution in [1.29, 1.82) is 0 Å². The van der Waals surface area contributed by atoms with Gasteiger partial charge in [-0.1, -0.05) is 50.8 Å². The minimum absolute atomic E-state index is 0.231. The van der Waals surface area contributed by atoms with Crippen LogP contribution in [0.3, 0.4) is 0 Å². The average Bonchev–Trinajstić information content (AvgIpc) is 3.08. The highest BCUT2D eigenvalue weighted by Crippen LogP contribution is 2.64. The first-order chi connectivity index (χ1) is 17.4. The first-order valence-corrected chi connectivity index (χ1v) is 13.3. The number of amides is 1. The van der Waals surface area contributed by atoms with Crippen molar-refractivity contribution in [2.24, 2.45) is 35.0 Å². The van der Waals surface area contributed by atoms with Crippen molar-refractivity contribution >= 4 is 17.7 Å². The van der Waals surface area contributed by atoms with Crippen LogP contribution < -0.4 is 5.32 Å². The van der Waals surface area contributed by atoms with Crippen LogP contribution in [-0.2, 0) is 25.5 Å². The number of ketones is 1. The van der Waals surface area contributed by atoms with Crippen molar-refractivity contribution < 1.29 is 29.3 Å². The fraction of sp³-hybridized carbons (Fsp3) is 0.567. The third-order valence-corrected chi connectivity index (χ3v) is 9.55. The molecule has 1 aromatic rings. The number of aliphatic hydroxyl groups excluding tert-OH is 1. The van der Waals surface area contributed by atoms with E-state index in [2.05, 4.69) is 11.9 Å². The van der Waals surface area contributed by atoms with E-state index in [9.17, 15) is 24.6 Å². The number of esters is 1. The topological polar surface area (TPSA) is 113 Å². The Bertz CT molecular complexity index is 1170. The van der Waals surface area contributed by atoms with Crippen LogP contribution in [-0.4, -0.2) is 51.7 Å². The van der Waals surface area contributed by atoms with Gasteiger partial charge in [-0.15, -0.1) is 0 Å². The van der Waals surface area contributed by atoms with Crippen molar-refractivity contribution in [2.75, 3.05) is 0 Å². The first kappa shape index (κ1) is 25.9. The molecule has 1 heterocycles. The molecule has 1 aliphatic heterocycles. The Morgan fingerprint density at radius 2 is 1.86 bits per heavy atom. The summed E-state index contributed by atoms with van der Waals surface area (Å²) in [6.07, 6.45) is 1.03. The second-order valence-electron chi connectivity index (χ2n) is 11.9. The molecule has 3 aliphatic carbocycles. The van der Waals surface area contributed by atoms with E-state index in [1.165, 1.54) is 19.9 Å². The predicted octanol–water partition coefficient (Wildman–Crippen LogP) is 2.75. The highest BCUT2D eigenvalue weighted by atomic mass is 16.5. The second kappa shape index (κ2) is 8.91. The summed E-state index contributed by atoms with van der Waals surface area (Å²) in [5, 5.41) is 25.9. The minimum atomic E-state index is -1.75. The molecule has 1 amide bonds. The fourth-order valence-electron chi connectivity index (χ4n) is 8.04. The van der Waals surface area contributed by atoms with Gasteiger partial charge in [-0.2, -0.15) is 0 Å². The van der Waals surface area contributed by atoms with Gasteiger partial charge in [-0.05, 0) is 60.8 Å². The van der Waals surface area contributed by atoms with Gasteiger partial charge in [0.05, 0.1) is 6.10 Å². The molecule has 37 heavy (non-hydrogen) atoms. The highest BCUT2D eigenvalue weighted by molar-refractivity contribution is 5.92. The molecule has 0 bridgehead atoms. The number of fused-ring (bicyclic) bond motifs is 1. The Balaban J connectivity index is 1.71. The van der Waals surface area contributed by atoms with Crippen LogP contribution in [0.15, 0.2) is 54.1 Å². The van der Waals surface area contributed by atoms with Crippen LogP contribution in [0.5, 0.6) is 0 Å². The van der Waals surface area contributed by atoms with Crippen LogP contribution in [0, 0.1) is 35.0 Å². The Kier molecular flexibility index (Phi) is 6.23. The summed E-state index contributed by atoms with van der Waals surface area (Å²) in [5.74, 6) is -2.85. The smallest absolute Gasteiger partial charge is 0.303 e. The molecule has 3 fully saturated rings. The number of ether oxygens (including phenoxy) is 1. The first-order valence-electron chi connectivity index (χ1n) is 13.3. The fourth-order valence-corrected chi connectivity index (χ4v) is 8.04. The van der Waals surface area contributed by atoms with Gasteiger partial charge in [0.2, 0.25) is 5.91 Å². The number of carbonyl (C=O) groups excluding carboxylic acids is 3. The van der Waals surface area contributed by atoms with Crippen LogP contribution in [0.2, 0.25) is 0 Å². The van der Waals surface area contributed by atoms with Crippen molar-refractivity contribution in [3.8, 4) is 0 Å². The van der Waals surface area contributed by atoms with Gasteiger partial charge >= 0.3 is 5.97 Å². The Morgan fingerprint density at radius 3 is 2.51 bits per heavy atom. The van der Waals surface area contributed by atoms with Gasteiger partial charge < -0.3 is 20.3 Å². The molecule has 4 aliphatic rings. The molecule has 1 spiro atoms. The standard InChI is InChI=1S/C30H37NO6/c1-15-11-20-13-22-25(33)17(3)16(2)24-23(12-19-9-7-6-8-10-19)31-28(35)30(22,24)27(37-18(4)32)21(20)14-29(5,36)26(15)34/h6-10,14-16,20,22-25,27,33,36H,3,11-13H2,1-2,4-5H3,(H,31,35)/t15-,16+,20-,22+,23+,24-,25+,27-,29+,30+/m1/s1. The number of hydrogen-bond donors (Lipinski definition) is 3. The molecule has 7 heteroatoms. The van der Waals surface area contributed by atoms with Crippen LogP contribution in [0.1, 0.15) is 46.1 Å². The average molecular weight is 508 g/mol. The van der Waals surface area contributed by atoms with E-state index in [0.717, 1.165) is 5.56 Å². The Labute approximate surface area is 218 Å². The van der Waals surface area contributed by atoms with Crippen molar-refractivity contribution in [3.05, 3.63) is 59.7 Å². The molecule has 0 aromatic heterocycles. The summed E-state index contributed by atoms with van der Waals surface area (Å²) in [4.78, 5) is 39.8. The zero-order chi connectivity index (χ0) is 26.9. The van der Waals surface area contributed by atoms with E-state index in [1.807, 2.05) is 37.3 Å².